The fraction of sp³-hybridized carbons (Fsp3) is 0.243. The number of hydrogen-bond acceptors (Lipinski definition) is 8. The van der Waals surface area contributed by atoms with E-state index in [2.05, 4.69) is 0 Å². The van der Waals surface area contributed by atoms with Gasteiger partial charge in [-0.1, -0.05) is 97.1 Å². The average molecular weight is 667 g/mol. The third kappa shape index (κ3) is 6.51. The first kappa shape index (κ1) is 32.8. The van der Waals surface area contributed by atoms with Gasteiger partial charge in [0.05, 0.1) is 0 Å². The molecule has 0 unspecified atom stereocenters. The van der Waals surface area contributed by atoms with E-state index < -0.39 is 36.2 Å². The number of nitrogens with two attached hydrogens (primary N) is 1. The lowest BCUT2D eigenvalue weighted by atomic mass is 9.98. The van der Waals surface area contributed by atoms with Crippen LogP contribution in [0, 0.1) is 0 Å². The third-order valence-electron chi connectivity index (χ3n) is 8.81. The van der Waals surface area contributed by atoms with E-state index in [0.29, 0.717) is 4.90 Å². The summed E-state index contributed by atoms with van der Waals surface area (Å²) in [6, 6.07) is 28.3. The van der Waals surface area contributed by atoms with Crippen molar-refractivity contribution in [2.75, 3.05) is 24.7 Å². The van der Waals surface area contributed by atoms with Crippen molar-refractivity contribution < 1.29 is 38.9 Å². The van der Waals surface area contributed by atoms with Gasteiger partial charge in [0.25, 0.3) is 0 Å². The molecular weight excluding hydrogens is 632 g/mol. The molecule has 48 heavy (non-hydrogen) atoms. The van der Waals surface area contributed by atoms with Gasteiger partial charge in [0.1, 0.15) is 25.3 Å². The molecule has 0 saturated heterocycles. The quantitative estimate of drug-likeness (QED) is 0.149. The highest BCUT2D eigenvalue weighted by Gasteiger charge is 2.39. The van der Waals surface area contributed by atoms with Crippen molar-refractivity contribution in [2.45, 2.75) is 30.3 Å². The second kappa shape index (κ2) is 14.3. The van der Waals surface area contributed by atoms with Crippen molar-refractivity contribution in [1.29, 1.82) is 0 Å². The molecule has 11 heteroatoms. The zero-order chi connectivity index (χ0) is 33.8. The summed E-state index contributed by atoms with van der Waals surface area (Å²) in [6.07, 6.45) is -2.47. The van der Waals surface area contributed by atoms with Gasteiger partial charge in [-0.15, -0.1) is 0 Å². The van der Waals surface area contributed by atoms with Gasteiger partial charge in [-0.25, -0.2) is 14.4 Å². The number of thioether (sulfide) groups is 1. The van der Waals surface area contributed by atoms with Gasteiger partial charge >= 0.3 is 24.1 Å². The van der Waals surface area contributed by atoms with Crippen molar-refractivity contribution in [3.63, 3.8) is 0 Å². The lowest BCUT2D eigenvalue weighted by molar-refractivity contribution is -0.142. The number of nitrogens with zero attached hydrogens (tertiary/aromatic N) is 1. The summed E-state index contributed by atoms with van der Waals surface area (Å²) in [5.41, 5.74) is 13.5. The molecule has 0 bridgehead atoms. The largest absolute Gasteiger partial charge is 0.480 e. The SMILES string of the molecule is N[C@@H](CSCC[C@@H](C(=O)O)N(C(=O)OCC1c2ccccc2-c2ccccc21)C(=O)OCC1c2ccccc2-c2ccccc21)C(=O)O. The molecule has 0 aromatic heterocycles. The van der Waals surface area contributed by atoms with Gasteiger partial charge in [0.15, 0.2) is 0 Å². The van der Waals surface area contributed by atoms with E-state index in [1.165, 1.54) is 0 Å². The minimum Gasteiger partial charge on any atom is -0.480 e. The van der Waals surface area contributed by atoms with Gasteiger partial charge in [-0.05, 0) is 56.7 Å². The Morgan fingerprint density at radius 3 is 1.38 bits per heavy atom. The number of benzene rings is 4. The van der Waals surface area contributed by atoms with Gasteiger partial charge < -0.3 is 25.4 Å². The first-order chi connectivity index (χ1) is 23.3. The van der Waals surface area contributed by atoms with Crippen LogP contribution in [0.3, 0.4) is 0 Å². The number of aliphatic carboxylic acids is 2. The molecule has 10 nitrogen and oxygen atoms in total. The summed E-state index contributed by atoms with van der Waals surface area (Å²) < 4.78 is 11.5. The van der Waals surface area contributed by atoms with Gasteiger partial charge in [-0.3, -0.25) is 4.79 Å². The van der Waals surface area contributed by atoms with E-state index in [1.54, 1.807) is 0 Å². The molecule has 2 amide bonds. The van der Waals surface area contributed by atoms with Crippen LogP contribution in [0.1, 0.15) is 40.5 Å². The van der Waals surface area contributed by atoms with Crippen LogP contribution in [0.4, 0.5) is 9.59 Å². The zero-order valence-corrected chi connectivity index (χ0v) is 26.7. The Labute approximate surface area is 281 Å². The number of fused-ring (bicyclic) bond motifs is 6. The highest BCUT2D eigenvalue weighted by atomic mass is 32.2. The Morgan fingerprint density at radius 2 is 1.02 bits per heavy atom. The van der Waals surface area contributed by atoms with Crippen molar-refractivity contribution in [1.82, 2.24) is 4.90 Å². The molecule has 2 aliphatic carbocycles. The predicted octanol–water partition coefficient (Wildman–Crippen LogP) is 6.18. The van der Waals surface area contributed by atoms with Gasteiger partial charge in [-0.2, -0.15) is 16.7 Å². The molecule has 4 N–H and O–H groups in total. The van der Waals surface area contributed by atoms with E-state index >= 15 is 0 Å². The van der Waals surface area contributed by atoms with Crippen LogP contribution in [0.25, 0.3) is 22.3 Å². The van der Waals surface area contributed by atoms with Gasteiger partial charge in [0.2, 0.25) is 0 Å². The Bertz CT molecular complexity index is 1660. The Kier molecular flexibility index (Phi) is 9.79. The van der Waals surface area contributed by atoms with E-state index in [1.807, 2.05) is 97.1 Å². The standard InChI is InChI=1S/C37H34N2O8S/c38-32(34(40)41)21-48-18-17-33(35(42)43)39(36(44)46-19-30-26-13-5-1-9-22(26)23-10-2-6-14-27(23)30)37(45)47-20-31-28-15-7-3-11-24(28)25-12-4-8-16-29(25)31/h1-16,30-33H,17-21,38H2,(H,40,41)(H,42,43)/t32-,33-/m0/s1. The number of carboxylic acids is 2. The van der Waals surface area contributed by atoms with Crippen LogP contribution < -0.4 is 5.73 Å². The molecule has 4 aromatic carbocycles. The molecular formula is C37H34N2O8S. The lowest BCUT2D eigenvalue weighted by Crippen LogP contribution is -2.50. The van der Waals surface area contributed by atoms with E-state index in [4.69, 9.17) is 20.3 Å². The number of carbonyl (C=O) groups excluding carboxylic acids is 2. The van der Waals surface area contributed by atoms with Crippen LogP contribution in [-0.4, -0.2) is 76.0 Å². The molecule has 0 heterocycles. The smallest absolute Gasteiger partial charge is 0.420 e. The summed E-state index contributed by atoms with van der Waals surface area (Å²) >= 11 is 1.11. The summed E-state index contributed by atoms with van der Waals surface area (Å²) in [7, 11) is 0. The third-order valence-corrected chi connectivity index (χ3v) is 9.93. The van der Waals surface area contributed by atoms with Crippen molar-refractivity contribution in [2.24, 2.45) is 5.73 Å². The number of carbonyl (C=O) groups is 4. The highest BCUT2D eigenvalue weighted by Crippen LogP contribution is 2.46. The maximum absolute atomic E-state index is 13.8. The number of ether oxygens (including phenoxy) is 2. The number of rotatable bonds is 12. The van der Waals surface area contributed by atoms with Crippen LogP contribution in [0.15, 0.2) is 97.1 Å². The molecule has 246 valence electrons. The maximum Gasteiger partial charge on any atom is 0.420 e. The minimum absolute atomic E-state index is 0.0254. The fourth-order valence-electron chi connectivity index (χ4n) is 6.50. The second-order valence-corrected chi connectivity index (χ2v) is 12.8. The predicted molar refractivity (Wildman–Crippen MR) is 181 cm³/mol. The Morgan fingerprint density at radius 1 is 0.646 bits per heavy atom. The minimum atomic E-state index is -1.63. The normalized spacial score (nSPS) is 14.2. The molecule has 0 aliphatic heterocycles. The first-order valence-corrected chi connectivity index (χ1v) is 16.7. The van der Waals surface area contributed by atoms with Crippen molar-refractivity contribution >= 4 is 35.9 Å². The number of amides is 2. The van der Waals surface area contributed by atoms with Gasteiger partial charge in [0, 0.05) is 17.6 Å². The van der Waals surface area contributed by atoms with Crippen LogP contribution >= 0.6 is 11.8 Å². The molecule has 0 spiro atoms. The summed E-state index contributed by atoms with van der Waals surface area (Å²) in [5, 5.41) is 19.3. The monoisotopic (exact) mass is 666 g/mol. The molecule has 0 radical (unpaired) electrons. The number of carboxylic acid groups (broad SMARTS) is 2. The van der Waals surface area contributed by atoms with Crippen molar-refractivity contribution in [3.05, 3.63) is 119 Å². The molecule has 4 aromatic rings. The summed E-state index contributed by atoms with van der Waals surface area (Å²) in [4.78, 5) is 51.8. The van der Waals surface area contributed by atoms with Crippen LogP contribution in [0.2, 0.25) is 0 Å². The van der Waals surface area contributed by atoms with E-state index in [-0.39, 0.29) is 43.0 Å². The van der Waals surface area contributed by atoms with E-state index in [9.17, 15) is 24.3 Å². The average Bonchev–Trinajstić information content (AvgIpc) is 3.59. The lowest BCUT2D eigenvalue weighted by Gasteiger charge is -2.27. The molecule has 2 aliphatic rings. The maximum atomic E-state index is 13.8. The molecule has 0 fully saturated rings. The van der Waals surface area contributed by atoms with Crippen molar-refractivity contribution in [3.8, 4) is 22.3 Å². The molecule has 0 saturated carbocycles. The second-order valence-electron chi connectivity index (χ2n) is 11.6. The van der Waals surface area contributed by atoms with Crippen LogP contribution in [-0.2, 0) is 19.1 Å². The molecule has 6 rings (SSSR count). The topological polar surface area (TPSA) is 156 Å². The molecule has 2 atom stereocenters. The Hall–Kier alpha value is -5.13. The zero-order valence-electron chi connectivity index (χ0n) is 25.9. The summed E-state index contributed by atoms with van der Waals surface area (Å²) in [6.45, 7) is -0.261. The van der Waals surface area contributed by atoms with Crippen LogP contribution in [0.5, 0.6) is 0 Å². The fourth-order valence-corrected chi connectivity index (χ4v) is 7.45. The summed E-state index contributed by atoms with van der Waals surface area (Å²) in [5.74, 6) is -3.11. The highest BCUT2D eigenvalue weighted by molar-refractivity contribution is 7.99. The first-order valence-electron chi connectivity index (χ1n) is 15.5. The number of hydrogen-bond donors (Lipinski definition) is 3. The van der Waals surface area contributed by atoms with E-state index in [0.717, 1.165) is 56.3 Å². The number of imide groups is 1. The Balaban J connectivity index is 1.22.